The highest BCUT2D eigenvalue weighted by Crippen LogP contribution is 2.35. The minimum atomic E-state index is -4.61. The molecule has 6 nitrogen and oxygen atoms in total. The Balaban J connectivity index is 1.65. The van der Waals surface area contributed by atoms with Crippen molar-refractivity contribution in [2.24, 2.45) is 0 Å². The fourth-order valence-electron chi connectivity index (χ4n) is 2.99. The van der Waals surface area contributed by atoms with Crippen molar-refractivity contribution in [3.63, 3.8) is 0 Å². The molecule has 2 heterocycles. The van der Waals surface area contributed by atoms with E-state index >= 15 is 0 Å². The van der Waals surface area contributed by atoms with Crippen LogP contribution in [0.15, 0.2) is 76.1 Å². The van der Waals surface area contributed by atoms with Gasteiger partial charge in [0.05, 0.1) is 22.6 Å². The van der Waals surface area contributed by atoms with E-state index in [1.165, 1.54) is 36.0 Å². The molecule has 0 bridgehead atoms. The van der Waals surface area contributed by atoms with Gasteiger partial charge in [-0.3, -0.25) is 4.57 Å². The highest BCUT2D eigenvalue weighted by molar-refractivity contribution is 7.98. The predicted octanol–water partition coefficient (Wildman–Crippen LogP) is 5.29. The maximum atomic E-state index is 12.7. The Morgan fingerprint density at radius 2 is 1.81 bits per heavy atom. The number of thioether (sulfide) groups is 1. The Bertz CT molecular complexity index is 1310. The second-order valence-corrected chi connectivity index (χ2v) is 10.3. The maximum Gasteiger partial charge on any atom is 0.341 e. The van der Waals surface area contributed by atoms with E-state index in [4.69, 9.17) is 4.74 Å². The van der Waals surface area contributed by atoms with Crippen LogP contribution in [-0.2, 0) is 15.6 Å². The molecule has 0 amide bonds. The van der Waals surface area contributed by atoms with Gasteiger partial charge in [-0.25, -0.2) is 8.42 Å². The quantitative estimate of drug-likeness (QED) is 0.311. The van der Waals surface area contributed by atoms with Crippen molar-refractivity contribution in [1.29, 1.82) is 0 Å². The summed E-state index contributed by atoms with van der Waals surface area (Å²) in [7, 11) is -3.02. The highest BCUT2D eigenvalue weighted by Gasteiger charge is 2.26. The number of hydrogen-bond acceptors (Lipinski definition) is 7. The van der Waals surface area contributed by atoms with Crippen LogP contribution in [-0.4, -0.2) is 36.0 Å². The van der Waals surface area contributed by atoms with Crippen LogP contribution in [0, 0.1) is 0 Å². The third kappa shape index (κ3) is 4.41. The van der Waals surface area contributed by atoms with E-state index in [1.807, 2.05) is 46.3 Å². The Hall–Kier alpha value is -2.76. The number of para-hydroxylation sites is 2. The van der Waals surface area contributed by atoms with Crippen molar-refractivity contribution >= 4 is 32.9 Å². The lowest BCUT2D eigenvalue weighted by molar-refractivity contribution is 0.234. The van der Waals surface area contributed by atoms with Crippen molar-refractivity contribution < 1.29 is 21.9 Å². The topological polar surface area (TPSA) is 74.1 Å². The van der Waals surface area contributed by atoms with E-state index in [0.717, 1.165) is 16.1 Å². The van der Waals surface area contributed by atoms with Crippen molar-refractivity contribution in [3.05, 3.63) is 71.6 Å². The van der Waals surface area contributed by atoms with E-state index in [2.05, 4.69) is 10.2 Å². The largest absolute Gasteiger partial charge is 0.495 e. The molecule has 0 saturated heterocycles. The van der Waals surface area contributed by atoms with Gasteiger partial charge in [-0.2, -0.15) is 8.78 Å². The number of benzene rings is 2. The lowest BCUT2D eigenvalue weighted by atomic mass is 10.2. The zero-order valence-corrected chi connectivity index (χ0v) is 19.1. The highest BCUT2D eigenvalue weighted by atomic mass is 32.2. The van der Waals surface area contributed by atoms with E-state index in [-0.39, 0.29) is 0 Å². The van der Waals surface area contributed by atoms with E-state index in [0.29, 0.717) is 22.5 Å². The van der Waals surface area contributed by atoms with Crippen LogP contribution in [0.1, 0.15) is 5.56 Å². The molecular formula is C21H17F2N3O3S3. The summed E-state index contributed by atoms with van der Waals surface area (Å²) in [6.07, 6.45) is 0. The molecular weight excluding hydrogens is 476 g/mol. The van der Waals surface area contributed by atoms with Crippen molar-refractivity contribution in [3.8, 4) is 22.1 Å². The molecule has 2 aromatic heterocycles. The van der Waals surface area contributed by atoms with Crippen LogP contribution in [0.25, 0.3) is 16.4 Å². The number of thiophene rings is 1. The molecule has 0 N–H and O–H groups in total. The molecule has 4 rings (SSSR count). The third-order valence-corrected chi connectivity index (χ3v) is 7.82. The van der Waals surface area contributed by atoms with Gasteiger partial charge < -0.3 is 4.74 Å². The molecule has 32 heavy (non-hydrogen) atoms. The molecule has 0 radical (unpaired) electrons. The fourth-order valence-corrected chi connectivity index (χ4v) is 5.31. The van der Waals surface area contributed by atoms with Crippen LogP contribution >= 0.6 is 23.1 Å². The fraction of sp³-hybridized carbons (Fsp3) is 0.143. The maximum absolute atomic E-state index is 12.7. The number of sulfone groups is 1. The molecule has 0 atom stereocenters. The Morgan fingerprint density at radius 1 is 1.06 bits per heavy atom. The SMILES string of the molecule is COc1ccccc1-n1c(SCc2ccc(S(=O)(=O)C(F)F)cc2)nnc1-c1cccs1. The number of methoxy groups -OCH3 is 1. The number of aromatic nitrogens is 3. The number of nitrogens with zero attached hydrogens (tertiary/aromatic N) is 3. The lowest BCUT2D eigenvalue weighted by Crippen LogP contribution is -2.11. The minimum absolute atomic E-state index is 0.404. The van der Waals surface area contributed by atoms with E-state index in [1.54, 1.807) is 18.4 Å². The van der Waals surface area contributed by atoms with Gasteiger partial charge in [-0.05, 0) is 41.3 Å². The van der Waals surface area contributed by atoms with Gasteiger partial charge in [0.2, 0.25) is 9.84 Å². The summed E-state index contributed by atoms with van der Waals surface area (Å²) in [5.41, 5.74) is 1.54. The first-order valence-corrected chi connectivity index (χ1v) is 12.7. The average molecular weight is 494 g/mol. The average Bonchev–Trinajstić information content (AvgIpc) is 3.47. The van der Waals surface area contributed by atoms with Gasteiger partial charge in [-0.15, -0.1) is 21.5 Å². The van der Waals surface area contributed by atoms with Crippen LogP contribution in [0.3, 0.4) is 0 Å². The standard InChI is InChI=1S/C21H17F2N3O3S3/c1-29-17-6-3-2-5-16(17)26-19(18-7-4-12-30-18)24-25-21(26)31-13-14-8-10-15(11-9-14)32(27,28)20(22)23/h2-12,20H,13H2,1H3. The Kier molecular flexibility index (Phi) is 6.58. The van der Waals surface area contributed by atoms with Gasteiger partial charge in [0.15, 0.2) is 11.0 Å². The van der Waals surface area contributed by atoms with Crippen molar-refractivity contribution in [2.45, 2.75) is 21.6 Å². The molecule has 4 aromatic rings. The first-order valence-electron chi connectivity index (χ1n) is 9.28. The monoisotopic (exact) mass is 493 g/mol. The first kappa shape index (κ1) is 22.4. The van der Waals surface area contributed by atoms with Gasteiger partial charge in [0, 0.05) is 5.75 Å². The summed E-state index contributed by atoms with van der Waals surface area (Å²) < 4.78 is 56.1. The summed E-state index contributed by atoms with van der Waals surface area (Å²) in [6, 6.07) is 16.8. The van der Waals surface area contributed by atoms with Crippen molar-refractivity contribution in [2.75, 3.05) is 7.11 Å². The number of rotatable bonds is 8. The van der Waals surface area contributed by atoms with Crippen LogP contribution < -0.4 is 4.74 Å². The number of hydrogen-bond donors (Lipinski definition) is 0. The number of halogens is 2. The smallest absolute Gasteiger partial charge is 0.341 e. The number of ether oxygens (including phenoxy) is 1. The molecule has 166 valence electrons. The van der Waals surface area contributed by atoms with Crippen LogP contribution in [0.4, 0.5) is 8.78 Å². The van der Waals surface area contributed by atoms with Gasteiger partial charge >= 0.3 is 5.76 Å². The Morgan fingerprint density at radius 3 is 2.47 bits per heavy atom. The summed E-state index contributed by atoms with van der Waals surface area (Å²) in [5.74, 6) is -1.68. The minimum Gasteiger partial charge on any atom is -0.495 e. The van der Waals surface area contributed by atoms with Crippen LogP contribution in [0.5, 0.6) is 5.75 Å². The molecule has 0 aliphatic heterocycles. The molecule has 0 saturated carbocycles. The summed E-state index contributed by atoms with van der Waals surface area (Å²) in [4.78, 5) is 0.537. The molecule has 0 spiro atoms. The molecule has 0 unspecified atom stereocenters. The lowest BCUT2D eigenvalue weighted by Gasteiger charge is -2.13. The Labute approximate surface area is 191 Å². The molecule has 0 fully saturated rings. The van der Waals surface area contributed by atoms with Gasteiger partial charge in [0.25, 0.3) is 0 Å². The molecule has 0 aliphatic carbocycles. The third-order valence-electron chi connectivity index (χ3n) is 4.56. The summed E-state index contributed by atoms with van der Waals surface area (Å²) in [6.45, 7) is 0. The van der Waals surface area contributed by atoms with Gasteiger partial charge in [-0.1, -0.05) is 42.1 Å². The molecule has 11 heteroatoms. The zero-order valence-electron chi connectivity index (χ0n) is 16.7. The predicted molar refractivity (Wildman–Crippen MR) is 120 cm³/mol. The zero-order chi connectivity index (χ0) is 22.7. The normalized spacial score (nSPS) is 11.8. The second-order valence-electron chi connectivity index (χ2n) is 6.53. The van der Waals surface area contributed by atoms with Gasteiger partial charge in [0.1, 0.15) is 5.75 Å². The second kappa shape index (κ2) is 9.39. The summed E-state index contributed by atoms with van der Waals surface area (Å²) in [5, 5.41) is 11.3. The molecule has 0 aliphatic rings. The van der Waals surface area contributed by atoms with Crippen LogP contribution in [0.2, 0.25) is 0 Å². The van der Waals surface area contributed by atoms with E-state index < -0.39 is 20.5 Å². The summed E-state index contributed by atoms with van der Waals surface area (Å²) >= 11 is 2.93. The molecule has 2 aromatic carbocycles. The van der Waals surface area contributed by atoms with Crippen molar-refractivity contribution in [1.82, 2.24) is 14.8 Å². The number of alkyl halides is 2. The first-order chi connectivity index (χ1) is 15.4. The van der Waals surface area contributed by atoms with E-state index in [9.17, 15) is 17.2 Å².